The molecule has 0 bridgehead atoms. The van der Waals surface area contributed by atoms with Gasteiger partial charge in [0.1, 0.15) is 5.75 Å². The monoisotopic (exact) mass is 255 g/mol. The van der Waals surface area contributed by atoms with Crippen LogP contribution < -0.4 is 10.1 Å². The maximum Gasteiger partial charge on any atom is 0.120 e. The van der Waals surface area contributed by atoms with Gasteiger partial charge < -0.3 is 10.1 Å². The maximum atomic E-state index is 5.87. The van der Waals surface area contributed by atoms with Gasteiger partial charge in [0.05, 0.1) is 6.61 Å². The van der Waals surface area contributed by atoms with Crippen molar-refractivity contribution in [1.82, 2.24) is 5.32 Å². The molecule has 0 fully saturated rings. The summed E-state index contributed by atoms with van der Waals surface area (Å²) in [5.41, 5.74) is 0. The number of benzene rings is 1. The highest BCUT2D eigenvalue weighted by molar-refractivity contribution is 6.30. The molecule has 0 unspecified atom stereocenters. The molecular formula is C14H22ClNO. The number of rotatable bonds is 8. The topological polar surface area (TPSA) is 21.3 Å². The van der Waals surface area contributed by atoms with E-state index in [-0.39, 0.29) is 0 Å². The first-order valence-electron chi connectivity index (χ1n) is 6.27. The van der Waals surface area contributed by atoms with Crippen LogP contribution in [-0.2, 0) is 0 Å². The molecule has 0 aliphatic rings. The Morgan fingerprint density at radius 3 is 2.82 bits per heavy atom. The average Bonchev–Trinajstić information content (AvgIpc) is 2.27. The van der Waals surface area contributed by atoms with E-state index >= 15 is 0 Å². The Morgan fingerprint density at radius 2 is 2.12 bits per heavy atom. The molecule has 3 heteroatoms. The zero-order valence-corrected chi connectivity index (χ0v) is 11.5. The lowest BCUT2D eigenvalue weighted by atomic mass is 10.2. The zero-order valence-electron chi connectivity index (χ0n) is 10.7. The predicted octanol–water partition coefficient (Wildman–Crippen LogP) is 3.74. The van der Waals surface area contributed by atoms with Gasteiger partial charge in [-0.1, -0.05) is 31.5 Å². The van der Waals surface area contributed by atoms with Crippen molar-refractivity contribution in [2.75, 3.05) is 19.7 Å². The van der Waals surface area contributed by atoms with Crippen molar-refractivity contribution in [2.45, 2.75) is 26.7 Å². The SMILES string of the molecule is CC(C)CNCCCCOc1cccc(Cl)c1. The molecule has 2 nitrogen and oxygen atoms in total. The fourth-order valence-electron chi connectivity index (χ4n) is 1.49. The van der Waals surface area contributed by atoms with Gasteiger partial charge in [-0.3, -0.25) is 0 Å². The Labute approximate surface area is 109 Å². The summed E-state index contributed by atoms with van der Waals surface area (Å²) in [7, 11) is 0. The first-order chi connectivity index (χ1) is 8.18. The minimum Gasteiger partial charge on any atom is -0.494 e. The molecule has 0 atom stereocenters. The number of hydrogen-bond acceptors (Lipinski definition) is 2. The third-order valence-corrected chi connectivity index (χ3v) is 2.60. The molecule has 96 valence electrons. The Morgan fingerprint density at radius 1 is 1.29 bits per heavy atom. The van der Waals surface area contributed by atoms with Gasteiger partial charge >= 0.3 is 0 Å². The second-order valence-corrected chi connectivity index (χ2v) is 5.05. The molecule has 1 aromatic rings. The molecule has 0 spiro atoms. The minimum absolute atomic E-state index is 0.720. The number of ether oxygens (including phenoxy) is 1. The average molecular weight is 256 g/mol. The Balaban J connectivity index is 2.01. The molecule has 0 aliphatic heterocycles. The van der Waals surface area contributed by atoms with Gasteiger partial charge in [0.25, 0.3) is 0 Å². The molecule has 0 amide bonds. The fraction of sp³-hybridized carbons (Fsp3) is 0.571. The summed E-state index contributed by atoms with van der Waals surface area (Å²) in [6, 6.07) is 7.54. The number of hydrogen-bond donors (Lipinski definition) is 1. The van der Waals surface area contributed by atoms with Crippen LogP contribution in [0.3, 0.4) is 0 Å². The highest BCUT2D eigenvalue weighted by atomic mass is 35.5. The van der Waals surface area contributed by atoms with Crippen LogP contribution in [0.15, 0.2) is 24.3 Å². The first kappa shape index (κ1) is 14.3. The van der Waals surface area contributed by atoms with Crippen LogP contribution in [0.1, 0.15) is 26.7 Å². The summed E-state index contributed by atoms with van der Waals surface area (Å²) < 4.78 is 5.60. The second kappa shape index (κ2) is 8.37. The van der Waals surface area contributed by atoms with E-state index < -0.39 is 0 Å². The normalized spacial score (nSPS) is 10.8. The van der Waals surface area contributed by atoms with Gasteiger partial charge in [-0.15, -0.1) is 0 Å². The van der Waals surface area contributed by atoms with Crippen molar-refractivity contribution in [2.24, 2.45) is 5.92 Å². The third-order valence-electron chi connectivity index (χ3n) is 2.37. The van der Waals surface area contributed by atoms with Gasteiger partial charge in [-0.25, -0.2) is 0 Å². The van der Waals surface area contributed by atoms with Gasteiger partial charge in [-0.2, -0.15) is 0 Å². The molecule has 0 radical (unpaired) electrons. The van der Waals surface area contributed by atoms with E-state index in [1.54, 1.807) is 0 Å². The number of unbranched alkanes of at least 4 members (excludes halogenated alkanes) is 1. The summed E-state index contributed by atoms with van der Waals surface area (Å²) in [5.74, 6) is 1.57. The van der Waals surface area contributed by atoms with Crippen molar-refractivity contribution < 1.29 is 4.74 Å². The van der Waals surface area contributed by atoms with Crippen molar-refractivity contribution in [3.8, 4) is 5.75 Å². The van der Waals surface area contributed by atoms with Crippen molar-refractivity contribution in [3.05, 3.63) is 29.3 Å². The van der Waals surface area contributed by atoms with Gasteiger partial charge in [0.15, 0.2) is 0 Å². The molecule has 1 N–H and O–H groups in total. The lowest BCUT2D eigenvalue weighted by molar-refractivity contribution is 0.305. The minimum atomic E-state index is 0.720. The van der Waals surface area contributed by atoms with Crippen molar-refractivity contribution >= 4 is 11.6 Å². The number of nitrogens with one attached hydrogen (secondary N) is 1. The van der Waals surface area contributed by atoms with E-state index in [0.717, 1.165) is 49.2 Å². The summed E-state index contributed by atoms with van der Waals surface area (Å²) in [6.45, 7) is 7.35. The first-order valence-corrected chi connectivity index (χ1v) is 6.65. The van der Waals surface area contributed by atoms with Crippen LogP contribution >= 0.6 is 11.6 Å². The molecule has 0 aromatic heterocycles. The van der Waals surface area contributed by atoms with E-state index in [0.29, 0.717) is 0 Å². The second-order valence-electron chi connectivity index (χ2n) is 4.61. The van der Waals surface area contributed by atoms with E-state index in [4.69, 9.17) is 16.3 Å². The van der Waals surface area contributed by atoms with Gasteiger partial charge in [0.2, 0.25) is 0 Å². The van der Waals surface area contributed by atoms with Crippen LogP contribution in [-0.4, -0.2) is 19.7 Å². The Bertz CT molecular complexity index is 315. The van der Waals surface area contributed by atoms with Crippen molar-refractivity contribution in [1.29, 1.82) is 0 Å². The van der Waals surface area contributed by atoms with Crippen LogP contribution in [0, 0.1) is 5.92 Å². The van der Waals surface area contributed by atoms with Crippen LogP contribution in [0.4, 0.5) is 0 Å². The molecule has 17 heavy (non-hydrogen) atoms. The van der Waals surface area contributed by atoms with Crippen LogP contribution in [0.25, 0.3) is 0 Å². The van der Waals surface area contributed by atoms with E-state index in [2.05, 4.69) is 19.2 Å². The lowest BCUT2D eigenvalue weighted by Crippen LogP contribution is -2.21. The van der Waals surface area contributed by atoms with Crippen LogP contribution in [0.5, 0.6) is 5.75 Å². The third kappa shape index (κ3) is 7.24. The molecular weight excluding hydrogens is 234 g/mol. The maximum absolute atomic E-state index is 5.87. The van der Waals surface area contributed by atoms with Gasteiger partial charge in [-0.05, 0) is 50.0 Å². The Kier molecular flexibility index (Phi) is 7.06. The highest BCUT2D eigenvalue weighted by Gasteiger charge is 1.96. The predicted molar refractivity (Wildman–Crippen MR) is 73.9 cm³/mol. The smallest absolute Gasteiger partial charge is 0.120 e. The number of halogens is 1. The van der Waals surface area contributed by atoms with Gasteiger partial charge in [0, 0.05) is 5.02 Å². The summed E-state index contributed by atoms with van der Waals surface area (Å²) >= 11 is 5.87. The largest absolute Gasteiger partial charge is 0.494 e. The summed E-state index contributed by atoms with van der Waals surface area (Å²) in [6.07, 6.45) is 2.21. The quantitative estimate of drug-likeness (QED) is 0.715. The molecule has 0 saturated heterocycles. The fourth-order valence-corrected chi connectivity index (χ4v) is 1.67. The zero-order chi connectivity index (χ0) is 12.5. The standard InChI is InChI=1S/C14H22ClNO/c1-12(2)11-16-8-3-4-9-17-14-7-5-6-13(15)10-14/h5-7,10,12,16H,3-4,8-9,11H2,1-2H3. The summed E-state index contributed by atoms with van der Waals surface area (Å²) in [5, 5.41) is 4.14. The van der Waals surface area contributed by atoms with Crippen LogP contribution in [0.2, 0.25) is 5.02 Å². The van der Waals surface area contributed by atoms with E-state index in [1.165, 1.54) is 0 Å². The summed E-state index contributed by atoms with van der Waals surface area (Å²) in [4.78, 5) is 0. The molecule has 0 aliphatic carbocycles. The highest BCUT2D eigenvalue weighted by Crippen LogP contribution is 2.17. The van der Waals surface area contributed by atoms with E-state index in [9.17, 15) is 0 Å². The Hall–Kier alpha value is -0.730. The molecule has 1 aromatic carbocycles. The molecule has 0 saturated carbocycles. The van der Waals surface area contributed by atoms with E-state index in [1.807, 2.05) is 24.3 Å². The lowest BCUT2D eigenvalue weighted by Gasteiger charge is -2.08. The van der Waals surface area contributed by atoms with Crippen molar-refractivity contribution in [3.63, 3.8) is 0 Å². The molecule has 0 heterocycles. The molecule has 1 rings (SSSR count).